The number of benzene rings is 2. The Balaban J connectivity index is 1.21. The molecule has 4 aromatic rings. The highest BCUT2D eigenvalue weighted by Crippen LogP contribution is 2.24. The van der Waals surface area contributed by atoms with Gasteiger partial charge in [0.05, 0.1) is 23.8 Å². The number of rotatable bonds is 7. The topological polar surface area (TPSA) is 87.6 Å². The Morgan fingerprint density at radius 1 is 1.09 bits per heavy atom. The van der Waals surface area contributed by atoms with Crippen molar-refractivity contribution in [1.82, 2.24) is 19.4 Å². The lowest BCUT2D eigenvalue weighted by molar-refractivity contribution is 0.239. The third-order valence-corrected chi connectivity index (χ3v) is 6.81. The number of hydrogen-bond acceptors (Lipinski definition) is 6. The van der Waals surface area contributed by atoms with E-state index in [0.717, 1.165) is 55.0 Å². The van der Waals surface area contributed by atoms with Crippen molar-refractivity contribution in [2.75, 3.05) is 31.1 Å². The van der Waals surface area contributed by atoms with Gasteiger partial charge in [-0.25, -0.2) is 9.19 Å². The lowest BCUT2D eigenvalue weighted by Gasteiger charge is -2.34. The van der Waals surface area contributed by atoms with Gasteiger partial charge in [-0.15, -0.1) is 0 Å². The number of imidazole rings is 1. The standard InChI is InChI=1S/C24H27N5O3S/c1-18(20-8-6-19(7-9-20)16-33(30)31)29-17-25-14-21(29)15-27-10-12-28(13-11-27)24-26-22-4-2-3-5-23(22)32-24/h2-9,14,17-18H,10-13,15-16H2,1H3,(H,30,31). The van der Waals surface area contributed by atoms with Crippen LogP contribution in [0.25, 0.3) is 11.1 Å². The summed E-state index contributed by atoms with van der Waals surface area (Å²) in [5.74, 6) is 0.153. The van der Waals surface area contributed by atoms with Gasteiger partial charge in [-0.2, -0.15) is 4.98 Å². The fraction of sp³-hybridized carbons (Fsp3) is 0.333. The molecule has 2 atom stereocenters. The Morgan fingerprint density at radius 3 is 2.58 bits per heavy atom. The van der Waals surface area contributed by atoms with Crippen molar-refractivity contribution in [3.05, 3.63) is 77.9 Å². The van der Waals surface area contributed by atoms with Crippen molar-refractivity contribution in [3.8, 4) is 0 Å². The average molecular weight is 466 g/mol. The molecule has 0 amide bonds. The SMILES string of the molecule is CC(c1ccc(CS(=O)O)cc1)n1cncc1CN1CCN(c2nc3ccccc3o2)CC1. The molecule has 9 heteroatoms. The third-order valence-electron chi connectivity index (χ3n) is 6.23. The molecule has 5 rings (SSSR count). The highest BCUT2D eigenvalue weighted by atomic mass is 32.2. The molecule has 0 saturated carbocycles. The lowest BCUT2D eigenvalue weighted by Crippen LogP contribution is -2.46. The van der Waals surface area contributed by atoms with E-state index in [9.17, 15) is 4.21 Å². The van der Waals surface area contributed by atoms with Crippen LogP contribution >= 0.6 is 0 Å². The van der Waals surface area contributed by atoms with Crippen molar-refractivity contribution < 1.29 is 13.2 Å². The van der Waals surface area contributed by atoms with Crippen molar-refractivity contribution in [2.45, 2.75) is 25.3 Å². The van der Waals surface area contributed by atoms with Crippen LogP contribution in [0.2, 0.25) is 0 Å². The summed E-state index contributed by atoms with van der Waals surface area (Å²) in [5.41, 5.74) is 4.88. The van der Waals surface area contributed by atoms with E-state index < -0.39 is 11.1 Å². The molecule has 1 N–H and O–H groups in total. The number of anilines is 1. The minimum absolute atomic E-state index is 0.122. The predicted molar refractivity (Wildman–Crippen MR) is 128 cm³/mol. The smallest absolute Gasteiger partial charge is 0.298 e. The zero-order chi connectivity index (χ0) is 22.8. The van der Waals surface area contributed by atoms with Crippen LogP contribution in [-0.2, 0) is 23.4 Å². The molecule has 172 valence electrons. The molecule has 8 nitrogen and oxygen atoms in total. The number of para-hydroxylation sites is 2. The number of nitrogens with zero attached hydrogens (tertiary/aromatic N) is 5. The first-order valence-corrected chi connectivity index (χ1v) is 12.3. The normalized spacial score (nSPS) is 16.8. The molecule has 0 aliphatic carbocycles. The fourth-order valence-electron chi connectivity index (χ4n) is 4.32. The van der Waals surface area contributed by atoms with Gasteiger partial charge in [0.2, 0.25) is 0 Å². The van der Waals surface area contributed by atoms with Gasteiger partial charge in [0.25, 0.3) is 6.01 Å². The van der Waals surface area contributed by atoms with Gasteiger partial charge in [-0.1, -0.05) is 36.4 Å². The summed E-state index contributed by atoms with van der Waals surface area (Å²) >= 11 is -1.82. The number of oxazole rings is 1. The van der Waals surface area contributed by atoms with Crippen LogP contribution in [0, 0.1) is 0 Å². The molecule has 33 heavy (non-hydrogen) atoms. The summed E-state index contributed by atoms with van der Waals surface area (Å²) in [7, 11) is 0. The Labute approximate surface area is 195 Å². The molecule has 0 radical (unpaired) electrons. The summed E-state index contributed by atoms with van der Waals surface area (Å²) in [5, 5.41) is 0. The second-order valence-electron chi connectivity index (χ2n) is 8.40. The summed E-state index contributed by atoms with van der Waals surface area (Å²) in [6.45, 7) is 6.55. The first-order chi connectivity index (χ1) is 16.1. The maximum Gasteiger partial charge on any atom is 0.298 e. The molecule has 0 spiro atoms. The number of hydrogen-bond donors (Lipinski definition) is 1. The fourth-order valence-corrected chi connectivity index (χ4v) is 4.80. The van der Waals surface area contributed by atoms with Crippen molar-refractivity contribution in [1.29, 1.82) is 0 Å². The van der Waals surface area contributed by atoms with Crippen LogP contribution in [-0.4, -0.2) is 54.4 Å². The van der Waals surface area contributed by atoms with Gasteiger partial charge in [0, 0.05) is 38.9 Å². The Bertz CT molecular complexity index is 1210. The third kappa shape index (κ3) is 4.85. The van der Waals surface area contributed by atoms with E-state index in [0.29, 0.717) is 6.01 Å². The predicted octanol–water partition coefficient (Wildman–Crippen LogP) is 3.68. The van der Waals surface area contributed by atoms with Crippen molar-refractivity contribution >= 4 is 28.2 Å². The number of fused-ring (bicyclic) bond motifs is 1. The first kappa shape index (κ1) is 21.8. The van der Waals surface area contributed by atoms with Crippen LogP contribution in [0.4, 0.5) is 6.01 Å². The van der Waals surface area contributed by atoms with Crippen molar-refractivity contribution in [2.24, 2.45) is 0 Å². The van der Waals surface area contributed by atoms with E-state index in [1.165, 1.54) is 5.69 Å². The monoisotopic (exact) mass is 465 g/mol. The van der Waals surface area contributed by atoms with E-state index >= 15 is 0 Å². The molecule has 1 aliphatic heterocycles. The molecule has 0 bridgehead atoms. The highest BCUT2D eigenvalue weighted by Gasteiger charge is 2.22. The van der Waals surface area contributed by atoms with Gasteiger partial charge in [-0.3, -0.25) is 4.90 Å². The number of piperazine rings is 1. The first-order valence-electron chi connectivity index (χ1n) is 11.1. The lowest BCUT2D eigenvalue weighted by atomic mass is 10.1. The molecule has 2 aromatic heterocycles. The van der Waals surface area contributed by atoms with Gasteiger partial charge in [0.15, 0.2) is 16.7 Å². The minimum atomic E-state index is -1.82. The van der Waals surface area contributed by atoms with E-state index in [4.69, 9.17) is 8.97 Å². The van der Waals surface area contributed by atoms with Gasteiger partial charge >= 0.3 is 0 Å². The van der Waals surface area contributed by atoms with Crippen LogP contribution < -0.4 is 4.90 Å². The Kier molecular flexibility index (Phi) is 6.26. The molecular weight excluding hydrogens is 438 g/mol. The summed E-state index contributed by atoms with van der Waals surface area (Å²) in [4.78, 5) is 13.7. The van der Waals surface area contributed by atoms with E-state index in [1.807, 2.05) is 61.1 Å². The van der Waals surface area contributed by atoms with E-state index in [1.54, 1.807) is 0 Å². The maximum absolute atomic E-state index is 11.0. The largest absolute Gasteiger partial charge is 0.423 e. The maximum atomic E-state index is 11.0. The molecule has 1 fully saturated rings. The summed E-state index contributed by atoms with van der Waals surface area (Å²) in [6, 6.07) is 16.6. The quantitative estimate of drug-likeness (QED) is 0.417. The summed E-state index contributed by atoms with van der Waals surface area (Å²) < 4.78 is 28.2. The average Bonchev–Trinajstić information content (AvgIpc) is 3.46. The van der Waals surface area contributed by atoms with E-state index in [2.05, 4.69) is 31.3 Å². The van der Waals surface area contributed by atoms with Gasteiger partial charge in [-0.05, 0) is 30.2 Å². The minimum Gasteiger partial charge on any atom is -0.423 e. The second-order valence-corrected chi connectivity index (χ2v) is 9.33. The molecule has 3 heterocycles. The van der Waals surface area contributed by atoms with Crippen LogP contribution in [0.1, 0.15) is 29.8 Å². The molecular formula is C24H27N5O3S. The highest BCUT2D eigenvalue weighted by molar-refractivity contribution is 7.78. The zero-order valence-electron chi connectivity index (χ0n) is 18.5. The molecule has 2 unspecified atom stereocenters. The number of aromatic nitrogens is 3. The molecule has 1 saturated heterocycles. The van der Waals surface area contributed by atoms with Crippen LogP contribution in [0.5, 0.6) is 0 Å². The molecule has 2 aromatic carbocycles. The van der Waals surface area contributed by atoms with Crippen LogP contribution in [0.15, 0.2) is 65.5 Å². The van der Waals surface area contributed by atoms with Crippen molar-refractivity contribution in [3.63, 3.8) is 0 Å². The van der Waals surface area contributed by atoms with Gasteiger partial charge < -0.3 is 18.4 Å². The second kappa shape index (κ2) is 9.46. The zero-order valence-corrected chi connectivity index (χ0v) is 19.3. The van der Waals surface area contributed by atoms with Crippen LogP contribution in [0.3, 0.4) is 0 Å². The summed E-state index contributed by atoms with van der Waals surface area (Å²) in [6.07, 6.45) is 3.82. The Morgan fingerprint density at radius 2 is 1.85 bits per heavy atom. The molecule has 1 aliphatic rings. The van der Waals surface area contributed by atoms with E-state index in [-0.39, 0.29) is 11.8 Å². The Hall–Kier alpha value is -3.01. The van der Waals surface area contributed by atoms with Gasteiger partial charge in [0.1, 0.15) is 5.52 Å².